The zero-order valence-electron chi connectivity index (χ0n) is 10.5. The van der Waals surface area contributed by atoms with Gasteiger partial charge in [-0.15, -0.1) is 11.8 Å². The molecule has 3 rings (SSSR count). The lowest BCUT2D eigenvalue weighted by Gasteiger charge is -2.36. The molecule has 2 heterocycles. The van der Waals surface area contributed by atoms with Gasteiger partial charge in [0.1, 0.15) is 5.75 Å². The molecule has 2 bridgehead atoms. The molecule has 0 radical (unpaired) electrons. The summed E-state index contributed by atoms with van der Waals surface area (Å²) in [4.78, 5) is 3.65. The van der Waals surface area contributed by atoms with Crippen molar-refractivity contribution in [3.63, 3.8) is 0 Å². The van der Waals surface area contributed by atoms with Crippen molar-refractivity contribution in [2.24, 2.45) is 0 Å². The summed E-state index contributed by atoms with van der Waals surface area (Å²) in [5.74, 6) is 0.243. The van der Waals surface area contributed by atoms with Gasteiger partial charge in [0.2, 0.25) is 0 Å². The summed E-state index contributed by atoms with van der Waals surface area (Å²) in [6.07, 6.45) is 5.22. The highest BCUT2D eigenvalue weighted by atomic mass is 35.5. The molecule has 0 aromatic heterocycles. The second-order valence-corrected chi connectivity index (χ2v) is 7.13. The standard InChI is InChI=1S/C14H18ClNOS/c1-16-9-2-3-10(16)7-12(6-9)18-14-5-4-11(17)8-13(14)15/h4-5,8-10,12,17H,2-3,6-7H2,1H3/t9-,10?,12?/m1/s1. The number of phenols is 1. The molecular formula is C14H18ClNOS. The molecule has 1 aromatic carbocycles. The van der Waals surface area contributed by atoms with Crippen molar-refractivity contribution in [2.75, 3.05) is 7.05 Å². The molecular weight excluding hydrogens is 266 g/mol. The van der Waals surface area contributed by atoms with Crippen LogP contribution in [0.25, 0.3) is 0 Å². The largest absolute Gasteiger partial charge is 0.508 e. The topological polar surface area (TPSA) is 23.5 Å². The Kier molecular flexibility index (Phi) is 3.48. The van der Waals surface area contributed by atoms with Crippen molar-refractivity contribution in [3.8, 4) is 5.75 Å². The van der Waals surface area contributed by atoms with Crippen molar-refractivity contribution < 1.29 is 5.11 Å². The van der Waals surface area contributed by atoms with E-state index in [4.69, 9.17) is 11.6 Å². The zero-order valence-corrected chi connectivity index (χ0v) is 12.0. The summed E-state index contributed by atoms with van der Waals surface area (Å²) in [5, 5.41) is 10.7. The molecule has 2 aliphatic heterocycles. The second kappa shape index (κ2) is 4.95. The third-order valence-electron chi connectivity index (χ3n) is 4.26. The number of hydrogen-bond donors (Lipinski definition) is 1. The van der Waals surface area contributed by atoms with Crippen LogP contribution in [0.2, 0.25) is 5.02 Å². The lowest BCUT2D eigenvalue weighted by Crippen LogP contribution is -2.40. The number of halogens is 1. The molecule has 2 saturated heterocycles. The van der Waals surface area contributed by atoms with Crippen LogP contribution in [-0.2, 0) is 0 Å². The molecule has 2 unspecified atom stereocenters. The van der Waals surface area contributed by atoms with E-state index in [0.29, 0.717) is 10.3 Å². The van der Waals surface area contributed by atoms with E-state index < -0.39 is 0 Å². The van der Waals surface area contributed by atoms with E-state index >= 15 is 0 Å². The summed E-state index contributed by atoms with van der Waals surface area (Å²) >= 11 is 8.05. The molecule has 2 fully saturated rings. The van der Waals surface area contributed by atoms with Crippen LogP contribution in [0.3, 0.4) is 0 Å². The number of hydrogen-bond acceptors (Lipinski definition) is 3. The molecule has 0 saturated carbocycles. The SMILES string of the molecule is CN1C2CC[C@@H]1CC(Sc1ccc(O)cc1Cl)C2. The Bertz CT molecular complexity index is 439. The minimum absolute atomic E-state index is 0.243. The van der Waals surface area contributed by atoms with Crippen LogP contribution in [0.4, 0.5) is 0 Å². The van der Waals surface area contributed by atoms with Gasteiger partial charge in [0.05, 0.1) is 5.02 Å². The van der Waals surface area contributed by atoms with Gasteiger partial charge in [0.15, 0.2) is 0 Å². The van der Waals surface area contributed by atoms with Crippen molar-refractivity contribution in [1.82, 2.24) is 4.90 Å². The Morgan fingerprint density at radius 3 is 2.56 bits per heavy atom. The third-order valence-corrected chi connectivity index (χ3v) is 6.02. The molecule has 0 spiro atoms. The Hall–Kier alpha value is -0.380. The number of aromatic hydroxyl groups is 1. The van der Waals surface area contributed by atoms with E-state index in [0.717, 1.165) is 17.0 Å². The number of rotatable bonds is 2. The van der Waals surface area contributed by atoms with E-state index in [1.807, 2.05) is 17.8 Å². The predicted octanol–water partition coefficient (Wildman–Crippen LogP) is 3.76. The van der Waals surface area contributed by atoms with E-state index in [-0.39, 0.29) is 5.75 Å². The highest BCUT2D eigenvalue weighted by Gasteiger charge is 2.38. The van der Waals surface area contributed by atoms with Gasteiger partial charge < -0.3 is 10.0 Å². The predicted molar refractivity (Wildman–Crippen MR) is 76.6 cm³/mol. The number of phenolic OH excluding ortho intramolecular Hbond substituents is 1. The monoisotopic (exact) mass is 283 g/mol. The first-order valence-electron chi connectivity index (χ1n) is 6.50. The number of nitrogens with zero attached hydrogens (tertiary/aromatic N) is 1. The lowest BCUT2D eigenvalue weighted by atomic mass is 10.0. The van der Waals surface area contributed by atoms with Crippen molar-refractivity contribution in [2.45, 2.75) is 47.9 Å². The molecule has 0 amide bonds. The smallest absolute Gasteiger partial charge is 0.117 e. The van der Waals surface area contributed by atoms with Crippen LogP contribution in [0.5, 0.6) is 5.75 Å². The molecule has 98 valence electrons. The Morgan fingerprint density at radius 1 is 1.28 bits per heavy atom. The van der Waals surface area contributed by atoms with Crippen LogP contribution < -0.4 is 0 Å². The van der Waals surface area contributed by atoms with Gasteiger partial charge in [-0.05, 0) is 50.9 Å². The Balaban J connectivity index is 1.70. The van der Waals surface area contributed by atoms with Gasteiger partial charge in [-0.1, -0.05) is 11.6 Å². The summed E-state index contributed by atoms with van der Waals surface area (Å²) in [7, 11) is 2.26. The molecule has 2 nitrogen and oxygen atoms in total. The molecule has 0 aliphatic carbocycles. The summed E-state index contributed by atoms with van der Waals surface area (Å²) in [6, 6.07) is 6.81. The number of benzene rings is 1. The van der Waals surface area contributed by atoms with Crippen LogP contribution in [0.1, 0.15) is 25.7 Å². The Labute approximate surface area is 117 Å². The summed E-state index contributed by atoms with van der Waals surface area (Å²) < 4.78 is 0. The maximum atomic E-state index is 9.37. The highest BCUT2D eigenvalue weighted by Crippen LogP contribution is 2.43. The minimum Gasteiger partial charge on any atom is -0.508 e. The average molecular weight is 284 g/mol. The van der Waals surface area contributed by atoms with Gasteiger partial charge in [0, 0.05) is 22.2 Å². The fraction of sp³-hybridized carbons (Fsp3) is 0.571. The van der Waals surface area contributed by atoms with Gasteiger partial charge in [-0.3, -0.25) is 0 Å². The van der Waals surface area contributed by atoms with E-state index in [1.54, 1.807) is 12.1 Å². The van der Waals surface area contributed by atoms with Crippen LogP contribution >= 0.6 is 23.4 Å². The van der Waals surface area contributed by atoms with E-state index in [2.05, 4.69) is 11.9 Å². The number of fused-ring (bicyclic) bond motifs is 2. The molecule has 18 heavy (non-hydrogen) atoms. The summed E-state index contributed by atoms with van der Waals surface area (Å²) in [5.41, 5.74) is 0. The first-order valence-corrected chi connectivity index (χ1v) is 7.76. The van der Waals surface area contributed by atoms with Crippen molar-refractivity contribution >= 4 is 23.4 Å². The van der Waals surface area contributed by atoms with Crippen molar-refractivity contribution in [1.29, 1.82) is 0 Å². The second-order valence-electron chi connectivity index (χ2n) is 5.38. The number of piperidine rings is 1. The number of thioether (sulfide) groups is 1. The quantitative estimate of drug-likeness (QED) is 0.894. The average Bonchev–Trinajstić information content (AvgIpc) is 2.57. The van der Waals surface area contributed by atoms with Crippen LogP contribution in [-0.4, -0.2) is 34.4 Å². The molecule has 3 atom stereocenters. The highest BCUT2D eigenvalue weighted by molar-refractivity contribution is 8.00. The van der Waals surface area contributed by atoms with Gasteiger partial charge in [-0.25, -0.2) is 0 Å². The van der Waals surface area contributed by atoms with Gasteiger partial charge in [0.25, 0.3) is 0 Å². The van der Waals surface area contributed by atoms with Crippen molar-refractivity contribution in [3.05, 3.63) is 23.2 Å². The maximum Gasteiger partial charge on any atom is 0.117 e. The van der Waals surface area contributed by atoms with Crippen LogP contribution in [0, 0.1) is 0 Å². The molecule has 2 aliphatic rings. The van der Waals surface area contributed by atoms with Gasteiger partial charge in [-0.2, -0.15) is 0 Å². The molecule has 1 aromatic rings. The zero-order chi connectivity index (χ0) is 12.7. The summed E-state index contributed by atoms with van der Waals surface area (Å²) in [6.45, 7) is 0. The van der Waals surface area contributed by atoms with E-state index in [1.165, 1.54) is 25.7 Å². The molecule has 1 N–H and O–H groups in total. The lowest BCUT2D eigenvalue weighted by molar-refractivity contribution is 0.183. The third kappa shape index (κ3) is 2.36. The minimum atomic E-state index is 0.243. The Morgan fingerprint density at radius 2 is 1.94 bits per heavy atom. The fourth-order valence-electron chi connectivity index (χ4n) is 3.22. The first-order chi connectivity index (χ1) is 8.63. The van der Waals surface area contributed by atoms with Gasteiger partial charge >= 0.3 is 0 Å². The normalized spacial score (nSPS) is 31.8. The fourth-order valence-corrected chi connectivity index (χ4v) is 4.85. The maximum absolute atomic E-state index is 9.37. The molecule has 4 heteroatoms. The van der Waals surface area contributed by atoms with Crippen LogP contribution in [0.15, 0.2) is 23.1 Å². The van der Waals surface area contributed by atoms with E-state index in [9.17, 15) is 5.11 Å². The first kappa shape index (κ1) is 12.6.